The number of pyridine rings is 1. The van der Waals surface area contributed by atoms with Crippen molar-refractivity contribution >= 4 is 0 Å². The summed E-state index contributed by atoms with van der Waals surface area (Å²) in [4.78, 5) is 8.42. The Hall–Kier alpha value is -2.89. The maximum atomic E-state index is 5.64. The Labute approximate surface area is 133 Å². The second-order valence-electron chi connectivity index (χ2n) is 5.27. The van der Waals surface area contributed by atoms with Crippen molar-refractivity contribution in [2.24, 2.45) is 0 Å². The van der Waals surface area contributed by atoms with E-state index >= 15 is 0 Å². The van der Waals surface area contributed by atoms with E-state index in [-0.39, 0.29) is 0 Å². The summed E-state index contributed by atoms with van der Waals surface area (Å²) < 4.78 is 13.0. The van der Waals surface area contributed by atoms with Crippen molar-refractivity contribution in [3.63, 3.8) is 0 Å². The van der Waals surface area contributed by atoms with Crippen LogP contribution in [0.1, 0.15) is 11.4 Å². The number of aryl methyl sites for hydroxylation is 2. The lowest BCUT2D eigenvalue weighted by atomic mass is 10.1. The standard InChI is InChI=1S/C17H16N4O2/c1(13-5-7-18-8-6-13)4-17-19-12-20-21(17)14-2-3-15-16(11-14)23-10-9-22-15/h2-3,5-8,11-12H,1,4,9-10H2. The van der Waals surface area contributed by atoms with Crippen LogP contribution in [0.3, 0.4) is 0 Å². The minimum atomic E-state index is 0.572. The molecule has 0 atom stereocenters. The van der Waals surface area contributed by atoms with Crippen LogP contribution in [0.2, 0.25) is 0 Å². The molecule has 4 rings (SSSR count). The number of ether oxygens (including phenoxy) is 2. The highest BCUT2D eigenvalue weighted by molar-refractivity contribution is 5.49. The first-order valence-corrected chi connectivity index (χ1v) is 7.58. The van der Waals surface area contributed by atoms with Gasteiger partial charge in [-0.3, -0.25) is 4.98 Å². The molecule has 0 bridgehead atoms. The largest absolute Gasteiger partial charge is 0.486 e. The van der Waals surface area contributed by atoms with Gasteiger partial charge in [0.1, 0.15) is 25.4 Å². The minimum Gasteiger partial charge on any atom is -0.486 e. The van der Waals surface area contributed by atoms with Crippen molar-refractivity contribution < 1.29 is 9.47 Å². The van der Waals surface area contributed by atoms with Gasteiger partial charge in [-0.25, -0.2) is 9.67 Å². The fraction of sp³-hybridized carbons (Fsp3) is 0.235. The number of aromatic nitrogens is 4. The van der Waals surface area contributed by atoms with Gasteiger partial charge in [0.2, 0.25) is 0 Å². The molecule has 23 heavy (non-hydrogen) atoms. The second-order valence-corrected chi connectivity index (χ2v) is 5.27. The molecular formula is C17H16N4O2. The predicted molar refractivity (Wildman–Crippen MR) is 84.0 cm³/mol. The molecule has 1 aromatic carbocycles. The predicted octanol–water partition coefficient (Wildman–Crippen LogP) is 2.22. The van der Waals surface area contributed by atoms with Crippen LogP contribution in [0.4, 0.5) is 0 Å². The number of benzene rings is 1. The molecule has 0 radical (unpaired) electrons. The van der Waals surface area contributed by atoms with Gasteiger partial charge in [-0.1, -0.05) is 0 Å². The molecule has 1 aliphatic rings. The normalized spacial score (nSPS) is 13.0. The second kappa shape index (κ2) is 6.08. The third kappa shape index (κ3) is 2.88. The van der Waals surface area contributed by atoms with Gasteiger partial charge in [-0.05, 0) is 36.2 Å². The molecule has 1 aliphatic heterocycles. The van der Waals surface area contributed by atoms with E-state index in [1.54, 1.807) is 18.7 Å². The van der Waals surface area contributed by atoms with E-state index in [4.69, 9.17) is 9.47 Å². The van der Waals surface area contributed by atoms with Gasteiger partial charge < -0.3 is 9.47 Å². The van der Waals surface area contributed by atoms with Crippen molar-refractivity contribution in [3.05, 3.63) is 60.4 Å². The average Bonchev–Trinajstić information content (AvgIpc) is 3.09. The third-order valence-electron chi connectivity index (χ3n) is 3.78. The lowest BCUT2D eigenvalue weighted by Gasteiger charge is -2.19. The van der Waals surface area contributed by atoms with Gasteiger partial charge in [0.15, 0.2) is 11.5 Å². The van der Waals surface area contributed by atoms with E-state index in [1.165, 1.54) is 5.56 Å². The third-order valence-corrected chi connectivity index (χ3v) is 3.78. The van der Waals surface area contributed by atoms with Crippen LogP contribution in [0, 0.1) is 0 Å². The Bertz CT molecular complexity index is 801. The van der Waals surface area contributed by atoms with Gasteiger partial charge in [0.25, 0.3) is 0 Å². The Balaban J connectivity index is 1.57. The van der Waals surface area contributed by atoms with E-state index in [0.717, 1.165) is 35.9 Å². The van der Waals surface area contributed by atoms with Gasteiger partial charge in [-0.2, -0.15) is 5.10 Å². The summed E-state index contributed by atoms with van der Waals surface area (Å²) in [5.41, 5.74) is 2.16. The summed E-state index contributed by atoms with van der Waals surface area (Å²) >= 11 is 0. The average molecular weight is 308 g/mol. The SMILES string of the molecule is c1cc(CCc2ncnn2-c2ccc3c(c2)OCCO3)ccn1. The van der Waals surface area contributed by atoms with Crippen LogP contribution in [0.15, 0.2) is 49.1 Å². The maximum Gasteiger partial charge on any atom is 0.163 e. The zero-order valence-electron chi connectivity index (χ0n) is 12.6. The van der Waals surface area contributed by atoms with Crippen LogP contribution >= 0.6 is 0 Å². The van der Waals surface area contributed by atoms with Crippen molar-refractivity contribution in [1.82, 2.24) is 19.7 Å². The number of hydrogen-bond donors (Lipinski definition) is 0. The van der Waals surface area contributed by atoms with Crippen molar-refractivity contribution in [2.75, 3.05) is 13.2 Å². The highest BCUT2D eigenvalue weighted by Crippen LogP contribution is 2.32. The zero-order chi connectivity index (χ0) is 15.5. The van der Waals surface area contributed by atoms with Crippen molar-refractivity contribution in [1.29, 1.82) is 0 Å². The van der Waals surface area contributed by atoms with E-state index < -0.39 is 0 Å². The van der Waals surface area contributed by atoms with Crippen molar-refractivity contribution in [3.8, 4) is 17.2 Å². The summed E-state index contributed by atoms with van der Waals surface area (Å²) in [6.07, 6.45) is 6.89. The summed E-state index contributed by atoms with van der Waals surface area (Å²) in [6, 6.07) is 9.87. The maximum absolute atomic E-state index is 5.64. The molecule has 6 nitrogen and oxygen atoms in total. The lowest BCUT2D eigenvalue weighted by Crippen LogP contribution is -2.15. The molecule has 0 amide bonds. The van der Waals surface area contributed by atoms with Crippen LogP contribution in [0.25, 0.3) is 5.69 Å². The number of fused-ring (bicyclic) bond motifs is 1. The van der Waals surface area contributed by atoms with Gasteiger partial charge in [0, 0.05) is 24.9 Å². The summed E-state index contributed by atoms with van der Waals surface area (Å²) in [7, 11) is 0. The number of rotatable bonds is 4. The van der Waals surface area contributed by atoms with E-state index in [1.807, 2.05) is 35.0 Å². The minimum absolute atomic E-state index is 0.572. The van der Waals surface area contributed by atoms with E-state index in [9.17, 15) is 0 Å². The Morgan fingerprint density at radius 3 is 2.65 bits per heavy atom. The first kappa shape index (κ1) is 13.8. The topological polar surface area (TPSA) is 62.1 Å². The zero-order valence-corrected chi connectivity index (χ0v) is 12.6. The Kier molecular flexibility index (Phi) is 3.63. The fourth-order valence-electron chi connectivity index (χ4n) is 2.62. The highest BCUT2D eigenvalue weighted by atomic mass is 16.6. The molecule has 0 N–H and O–H groups in total. The first-order chi connectivity index (χ1) is 11.4. The molecule has 116 valence electrons. The quantitative estimate of drug-likeness (QED) is 0.739. The number of nitrogens with zero attached hydrogens (tertiary/aromatic N) is 4. The Morgan fingerprint density at radius 2 is 1.78 bits per heavy atom. The molecule has 0 saturated carbocycles. The molecule has 0 unspecified atom stereocenters. The molecule has 0 spiro atoms. The fourth-order valence-corrected chi connectivity index (χ4v) is 2.62. The van der Waals surface area contributed by atoms with Crippen LogP contribution in [0.5, 0.6) is 11.5 Å². The van der Waals surface area contributed by atoms with E-state index in [0.29, 0.717) is 13.2 Å². The molecule has 2 aromatic heterocycles. The van der Waals surface area contributed by atoms with Gasteiger partial charge in [0.05, 0.1) is 5.69 Å². The monoisotopic (exact) mass is 308 g/mol. The van der Waals surface area contributed by atoms with Crippen molar-refractivity contribution in [2.45, 2.75) is 12.8 Å². The van der Waals surface area contributed by atoms with Gasteiger partial charge in [-0.15, -0.1) is 0 Å². The smallest absolute Gasteiger partial charge is 0.163 e. The molecule has 3 aromatic rings. The highest BCUT2D eigenvalue weighted by Gasteiger charge is 2.14. The molecule has 3 heterocycles. The molecule has 6 heteroatoms. The molecule has 0 aliphatic carbocycles. The van der Waals surface area contributed by atoms with Crippen LogP contribution in [-0.2, 0) is 12.8 Å². The molecule has 0 saturated heterocycles. The summed E-state index contributed by atoms with van der Waals surface area (Å²) in [5, 5.41) is 4.34. The number of hydrogen-bond acceptors (Lipinski definition) is 5. The summed E-state index contributed by atoms with van der Waals surface area (Å²) in [6.45, 7) is 1.16. The molecular weight excluding hydrogens is 292 g/mol. The molecule has 0 fully saturated rings. The lowest BCUT2D eigenvalue weighted by molar-refractivity contribution is 0.171. The summed E-state index contributed by atoms with van der Waals surface area (Å²) in [5.74, 6) is 2.45. The van der Waals surface area contributed by atoms with Crippen LogP contribution < -0.4 is 9.47 Å². The van der Waals surface area contributed by atoms with Gasteiger partial charge >= 0.3 is 0 Å². The Morgan fingerprint density at radius 1 is 0.957 bits per heavy atom. The first-order valence-electron chi connectivity index (χ1n) is 7.58. The van der Waals surface area contributed by atoms with Crippen LogP contribution in [-0.4, -0.2) is 33.0 Å². The van der Waals surface area contributed by atoms with E-state index in [2.05, 4.69) is 15.1 Å².